The number of aryl methyl sites for hydroxylation is 5. The van der Waals surface area contributed by atoms with Gasteiger partial charge in [-0.25, -0.2) is 0 Å². The zero-order chi connectivity index (χ0) is 107. The minimum absolute atomic E-state index is 0.0644. The molecule has 146 heavy (non-hydrogen) atoms. The summed E-state index contributed by atoms with van der Waals surface area (Å²) >= 11 is 4.02. The number of furan rings is 2. The van der Waals surface area contributed by atoms with Crippen LogP contribution in [-0.4, -0.2) is 20.2 Å². The third-order valence-electron chi connectivity index (χ3n) is 23.5. The summed E-state index contributed by atoms with van der Waals surface area (Å²) in [5, 5.41) is 9.01. The van der Waals surface area contributed by atoms with Crippen LogP contribution in [0, 0.1) is 24.7 Å². The van der Waals surface area contributed by atoms with Gasteiger partial charge < -0.3 is 33.7 Å². The number of ether oxygens (including phenoxy) is 3. The molecule has 0 saturated carbocycles. The lowest BCUT2D eigenvalue weighted by molar-refractivity contribution is 0.302. The molecule has 0 radical (unpaired) electrons. The third kappa shape index (κ3) is 50.6. The molecule has 15 rings (SSSR count). The minimum Gasteiger partial charge on any atom is -0.489 e. The van der Waals surface area contributed by atoms with Gasteiger partial charge in [0.25, 0.3) is 0 Å². The fourth-order valence-corrected chi connectivity index (χ4v) is 17.2. The van der Waals surface area contributed by atoms with Crippen LogP contribution >= 0.6 is 23.5 Å². The lowest BCUT2D eigenvalue weighted by Crippen LogP contribution is -2.15. The molecule has 0 spiro atoms. The number of hydrogen-bond acceptors (Lipinski definition) is 10. The molecule has 0 atom stereocenters. The molecule has 0 aliphatic carbocycles. The van der Waals surface area contributed by atoms with Crippen molar-refractivity contribution in [1.29, 1.82) is 0 Å². The summed E-state index contributed by atoms with van der Waals surface area (Å²) in [6.45, 7) is 70.1. The van der Waals surface area contributed by atoms with Crippen molar-refractivity contribution < 1.29 is 23.0 Å². The summed E-state index contributed by atoms with van der Waals surface area (Å²) < 4.78 is 30.2. The van der Waals surface area contributed by atoms with Crippen molar-refractivity contribution in [1.82, 2.24) is 4.98 Å². The average molecular weight is 2000 g/mol. The number of nitrogens with zero attached hydrogens (tertiary/aromatic N) is 1. The Balaban J connectivity index is 0.000000224. The summed E-state index contributed by atoms with van der Waals surface area (Å²) in [7, 11) is 0. The number of benzene rings is 12. The Hall–Kier alpha value is -11.7. The first-order valence-corrected chi connectivity index (χ1v) is 54.6. The maximum absolute atomic E-state index is 6.14. The molecule has 780 valence electrons. The first-order chi connectivity index (χ1) is 68.8. The molecule has 0 fully saturated rings. The van der Waals surface area contributed by atoms with Crippen molar-refractivity contribution in [2.45, 2.75) is 328 Å². The Morgan fingerprint density at radius 1 is 0.315 bits per heavy atom. The van der Waals surface area contributed by atoms with Crippen LogP contribution < -0.4 is 24.8 Å². The number of fused-ring (bicyclic) bond motifs is 1. The second kappa shape index (κ2) is 59.9. The molecule has 3 heterocycles. The zero-order valence-electron chi connectivity index (χ0n) is 94.8. The molecule has 0 amide bonds. The van der Waals surface area contributed by atoms with Crippen LogP contribution in [0.3, 0.4) is 0 Å². The van der Waals surface area contributed by atoms with Crippen LogP contribution in [0.1, 0.15) is 308 Å². The predicted molar refractivity (Wildman–Crippen MR) is 637 cm³/mol. The SMILES string of the molecule is CC(C)(C)CCCc1ccccc1.CC(C)(C)Cc1ccc(CNc2ccccc2)o1.CC(C)(C)SCCc1ccccc1.CC(C)(C)SCc1ccccc1.CC(C)(C)c1ccc(CNc2ccncc2)o1.CC(C)(C)c1ccccc1COc1cccc2ccccc12.CCCc1ccc(C(C)(C)C)cc1.Cc1cccc(OCc2ccc(C(C)(C)C)cc2)c1.Cc1cccc(OCc2ccccc2C(C)(C)C)c1. The average Bonchev–Trinajstić information content (AvgIpc) is 1.06. The van der Waals surface area contributed by atoms with E-state index in [1.165, 1.54) is 127 Å². The van der Waals surface area contributed by atoms with Crippen LogP contribution in [0.25, 0.3) is 10.8 Å². The van der Waals surface area contributed by atoms with E-state index in [-0.39, 0.29) is 32.5 Å². The van der Waals surface area contributed by atoms with Crippen molar-refractivity contribution in [2.75, 3.05) is 16.4 Å². The Kier molecular flexibility index (Phi) is 49.8. The number of hydrogen-bond donors (Lipinski definition) is 2. The van der Waals surface area contributed by atoms with Crippen molar-refractivity contribution in [3.05, 3.63) is 454 Å². The van der Waals surface area contributed by atoms with Crippen LogP contribution in [0.5, 0.6) is 17.2 Å². The summed E-state index contributed by atoms with van der Waals surface area (Å²) in [5.74, 6) is 9.16. The van der Waals surface area contributed by atoms with Crippen molar-refractivity contribution in [2.24, 2.45) is 10.8 Å². The van der Waals surface area contributed by atoms with E-state index in [4.69, 9.17) is 23.0 Å². The molecular formula is C136H179N3O5S2. The lowest BCUT2D eigenvalue weighted by Gasteiger charge is -2.23. The summed E-state index contributed by atoms with van der Waals surface area (Å²) in [6, 6.07) is 120. The Bertz CT molecular complexity index is 6020. The maximum Gasteiger partial charge on any atom is 0.127 e. The first-order valence-electron chi connectivity index (χ1n) is 52.7. The topological polar surface area (TPSA) is 90.9 Å². The van der Waals surface area contributed by atoms with E-state index < -0.39 is 0 Å². The third-order valence-corrected chi connectivity index (χ3v) is 26.1. The van der Waals surface area contributed by atoms with Gasteiger partial charge >= 0.3 is 0 Å². The van der Waals surface area contributed by atoms with E-state index in [1.54, 1.807) is 12.4 Å². The predicted octanol–water partition coefficient (Wildman–Crippen LogP) is 39.0. The molecule has 0 saturated heterocycles. The Labute approximate surface area is 893 Å². The van der Waals surface area contributed by atoms with Gasteiger partial charge in [-0.3, -0.25) is 4.98 Å². The number of aromatic nitrogens is 1. The van der Waals surface area contributed by atoms with Gasteiger partial charge in [0.1, 0.15) is 60.1 Å². The van der Waals surface area contributed by atoms with Crippen LogP contribution in [0.2, 0.25) is 0 Å². The first kappa shape index (κ1) is 121. The maximum atomic E-state index is 6.14. The molecule has 0 aliphatic rings. The normalized spacial score (nSPS) is 11.5. The van der Waals surface area contributed by atoms with E-state index in [0.717, 1.165) is 70.4 Å². The van der Waals surface area contributed by atoms with Gasteiger partial charge in [-0.15, -0.1) is 0 Å². The molecule has 3 aromatic heterocycles. The van der Waals surface area contributed by atoms with Gasteiger partial charge in [-0.2, -0.15) is 23.5 Å². The van der Waals surface area contributed by atoms with Gasteiger partial charge in [-0.1, -0.05) is 467 Å². The highest BCUT2D eigenvalue weighted by atomic mass is 32.2. The Morgan fingerprint density at radius 2 is 0.726 bits per heavy atom. The molecule has 12 aromatic carbocycles. The smallest absolute Gasteiger partial charge is 0.127 e. The fourth-order valence-electron chi connectivity index (χ4n) is 15.4. The molecule has 10 heteroatoms. The lowest BCUT2D eigenvalue weighted by atomic mass is 9.84. The number of para-hydroxylation sites is 1. The van der Waals surface area contributed by atoms with E-state index in [0.29, 0.717) is 41.3 Å². The second-order valence-corrected chi connectivity index (χ2v) is 51.1. The zero-order valence-corrected chi connectivity index (χ0v) is 96.4. The number of anilines is 2. The van der Waals surface area contributed by atoms with Gasteiger partial charge in [0.05, 0.1) is 13.1 Å². The van der Waals surface area contributed by atoms with E-state index in [9.17, 15) is 0 Å². The monoisotopic (exact) mass is 2000 g/mol. The minimum atomic E-state index is 0.0644. The molecule has 0 bridgehead atoms. The number of rotatable bonds is 26. The van der Waals surface area contributed by atoms with Crippen molar-refractivity contribution >= 4 is 45.7 Å². The summed E-state index contributed by atoms with van der Waals surface area (Å²) in [5.41, 5.74) is 21.1. The Morgan fingerprint density at radius 3 is 1.19 bits per heavy atom. The quantitative estimate of drug-likeness (QED) is 0.0546. The standard InChI is InChI=1S/C21H22O.2C18H22O.C16H21NO.C14H18N2O.2C13H20.C12H18S.C11H16S/c1-21(2,3)19-13-7-5-10-17(19)15-22-20-14-8-11-16-9-4-6-12-18(16)20;1-14-8-7-10-16(12-14)19-13-15-9-5-6-11-17(15)18(2,3)4;1-14-6-5-7-17(12-14)19-13-15-8-10-16(11-9-15)18(2,3)4;1-16(2,3)11-14-9-10-15(18-14)12-17-13-7-5-4-6-8-13;1-14(2,3)13-5-4-12(17-13)10-16-11-6-8-15-9-7-11;1-13(2,3)11-7-10-12-8-5-4-6-9-12;1-5-6-11-7-9-12(10-8-11)13(2,3)4;1-12(2,3)13-10-9-11-7-5-4-6-8-11;1-11(2,3)12-9-10-7-5-4-6-8-10/h4-14H,15H2,1-3H3;2*5-12H,13H2,1-4H3;4-10,17H,11-12H2,1-3H3;4-9H,10H2,1-3H3,(H,15,16);4-6,8-9H,7,10-11H2,1-3H3;7-10H,5-6H2,1-4H3;4-8H,9-10H2,1-3H3;4-8H,9H2,1-3H3. The molecule has 0 aliphatic heterocycles. The van der Waals surface area contributed by atoms with E-state index in [2.05, 4.69) is 490 Å². The van der Waals surface area contributed by atoms with Crippen molar-refractivity contribution in [3.63, 3.8) is 0 Å². The number of thioether (sulfide) groups is 2. The van der Waals surface area contributed by atoms with Gasteiger partial charge in [0.2, 0.25) is 0 Å². The molecule has 8 nitrogen and oxygen atoms in total. The molecular weight excluding hydrogens is 1820 g/mol. The molecule has 15 aromatic rings. The van der Waals surface area contributed by atoms with E-state index in [1.807, 2.05) is 102 Å². The van der Waals surface area contributed by atoms with Crippen LogP contribution in [0.4, 0.5) is 11.4 Å². The van der Waals surface area contributed by atoms with Gasteiger partial charge in [-0.05, 0) is 241 Å². The van der Waals surface area contributed by atoms with Crippen LogP contribution in [-0.2, 0) is 91.4 Å². The van der Waals surface area contributed by atoms with Gasteiger partial charge in [0.15, 0.2) is 0 Å². The second-order valence-electron chi connectivity index (χ2n) is 47.3. The highest BCUT2D eigenvalue weighted by Gasteiger charge is 2.23. The summed E-state index contributed by atoms with van der Waals surface area (Å²) in [4.78, 5) is 3.97. The number of nitrogens with one attached hydrogen (secondary N) is 2. The molecule has 0 unspecified atom stereocenters. The fraction of sp³-hybridized carbons (Fsp3) is 0.390. The molecule has 2 N–H and O–H groups in total. The highest BCUT2D eigenvalue weighted by molar-refractivity contribution is 8.00. The number of pyridine rings is 1. The van der Waals surface area contributed by atoms with Crippen molar-refractivity contribution in [3.8, 4) is 17.2 Å². The largest absolute Gasteiger partial charge is 0.489 e. The van der Waals surface area contributed by atoms with Gasteiger partial charge in [0, 0.05) is 56.2 Å². The summed E-state index contributed by atoms with van der Waals surface area (Å²) in [6.07, 6.45) is 11.9. The van der Waals surface area contributed by atoms with Crippen LogP contribution in [0.15, 0.2) is 367 Å². The highest BCUT2D eigenvalue weighted by Crippen LogP contribution is 2.35. The van der Waals surface area contributed by atoms with E-state index >= 15 is 0 Å².